The van der Waals surface area contributed by atoms with Gasteiger partial charge in [-0.1, -0.05) is 42.5 Å². The van der Waals surface area contributed by atoms with Crippen LogP contribution in [0.2, 0.25) is 0 Å². The minimum absolute atomic E-state index is 0.119. The average molecular weight is 242 g/mol. The lowest BCUT2D eigenvalue weighted by Gasteiger charge is -2.13. The molecular weight excluding hydrogens is 228 g/mol. The molecule has 0 saturated carbocycles. The van der Waals surface area contributed by atoms with Gasteiger partial charge < -0.3 is 14.3 Å². The summed E-state index contributed by atoms with van der Waals surface area (Å²) < 4.78 is 11.4. The maximum absolute atomic E-state index is 10.5. The summed E-state index contributed by atoms with van der Waals surface area (Å²) in [5, 5.41) is 2.30. The van der Waals surface area contributed by atoms with Crippen LogP contribution in [0.25, 0.3) is 10.8 Å². The molecule has 1 heterocycles. The number of hydrogen-bond acceptors (Lipinski definition) is 3. The molecule has 0 aliphatic carbocycles. The topological polar surface area (TPSA) is 35.5 Å². The minimum atomic E-state index is -0.360. The van der Waals surface area contributed by atoms with E-state index in [0.717, 1.165) is 17.2 Å². The van der Waals surface area contributed by atoms with Crippen LogP contribution in [-0.4, -0.2) is 19.0 Å². The Morgan fingerprint density at radius 3 is 2.89 bits per heavy atom. The summed E-state index contributed by atoms with van der Waals surface area (Å²) in [6.07, 6.45) is 0.786. The molecule has 0 aromatic heterocycles. The lowest BCUT2D eigenvalue weighted by atomic mass is 10.0. The molecule has 1 fully saturated rings. The van der Waals surface area contributed by atoms with Crippen LogP contribution in [-0.2, 0) is 14.3 Å². The maximum Gasteiger partial charge on any atom is 0.184 e. The van der Waals surface area contributed by atoms with E-state index in [0.29, 0.717) is 13.0 Å². The SMILES string of the molecule is O=CCC1COC(c2cccc3ccccc23)O1. The van der Waals surface area contributed by atoms with E-state index in [4.69, 9.17) is 9.47 Å². The Hall–Kier alpha value is -1.71. The van der Waals surface area contributed by atoms with E-state index in [1.807, 2.05) is 24.3 Å². The van der Waals surface area contributed by atoms with Crippen LogP contribution < -0.4 is 0 Å². The van der Waals surface area contributed by atoms with Gasteiger partial charge in [-0.3, -0.25) is 0 Å². The molecular formula is C15H14O3. The van der Waals surface area contributed by atoms with Gasteiger partial charge in [-0.2, -0.15) is 0 Å². The lowest BCUT2D eigenvalue weighted by Crippen LogP contribution is -2.09. The van der Waals surface area contributed by atoms with Crippen molar-refractivity contribution in [1.82, 2.24) is 0 Å². The van der Waals surface area contributed by atoms with Crippen molar-refractivity contribution in [3.8, 4) is 0 Å². The first-order chi connectivity index (χ1) is 8.88. The molecule has 0 amide bonds. The van der Waals surface area contributed by atoms with Crippen LogP contribution in [0, 0.1) is 0 Å². The summed E-state index contributed by atoms with van der Waals surface area (Å²) in [6, 6.07) is 14.2. The summed E-state index contributed by atoms with van der Waals surface area (Å²) in [5.74, 6) is 0. The molecule has 2 atom stereocenters. The molecule has 3 rings (SSSR count). The maximum atomic E-state index is 10.5. The first-order valence-corrected chi connectivity index (χ1v) is 6.07. The van der Waals surface area contributed by atoms with Gasteiger partial charge in [0, 0.05) is 12.0 Å². The first-order valence-electron chi connectivity index (χ1n) is 6.07. The fraction of sp³-hybridized carbons (Fsp3) is 0.267. The summed E-state index contributed by atoms with van der Waals surface area (Å²) in [4.78, 5) is 10.5. The van der Waals surface area contributed by atoms with Crippen LogP contribution in [0.5, 0.6) is 0 Å². The standard InChI is InChI=1S/C15H14O3/c16-9-8-12-10-17-15(18-12)14-7-3-5-11-4-1-2-6-13(11)14/h1-7,9,12,15H,8,10H2. The molecule has 2 unspecified atom stereocenters. The number of rotatable bonds is 3. The van der Waals surface area contributed by atoms with E-state index >= 15 is 0 Å². The van der Waals surface area contributed by atoms with Crippen molar-refractivity contribution in [2.45, 2.75) is 18.8 Å². The minimum Gasteiger partial charge on any atom is -0.346 e. The summed E-state index contributed by atoms with van der Waals surface area (Å²) in [6.45, 7) is 0.479. The number of hydrogen-bond donors (Lipinski definition) is 0. The monoisotopic (exact) mass is 242 g/mol. The first kappa shape index (κ1) is 11.4. The van der Waals surface area contributed by atoms with Gasteiger partial charge in [0.25, 0.3) is 0 Å². The fourth-order valence-corrected chi connectivity index (χ4v) is 2.30. The lowest BCUT2D eigenvalue weighted by molar-refractivity contribution is -0.111. The van der Waals surface area contributed by atoms with Crippen LogP contribution in [0.4, 0.5) is 0 Å². The van der Waals surface area contributed by atoms with E-state index in [1.165, 1.54) is 5.39 Å². The molecule has 3 nitrogen and oxygen atoms in total. The van der Waals surface area contributed by atoms with Crippen molar-refractivity contribution in [2.75, 3.05) is 6.61 Å². The van der Waals surface area contributed by atoms with E-state index in [9.17, 15) is 4.79 Å². The number of carbonyl (C=O) groups is 1. The Bertz CT molecular complexity index is 559. The largest absolute Gasteiger partial charge is 0.346 e. The molecule has 1 aliphatic rings. The zero-order valence-electron chi connectivity index (χ0n) is 9.91. The molecule has 2 aromatic carbocycles. The smallest absolute Gasteiger partial charge is 0.184 e. The second-order valence-corrected chi connectivity index (χ2v) is 4.39. The van der Waals surface area contributed by atoms with Crippen molar-refractivity contribution in [2.24, 2.45) is 0 Å². The second-order valence-electron chi connectivity index (χ2n) is 4.39. The number of benzene rings is 2. The predicted molar refractivity (Wildman–Crippen MR) is 68.2 cm³/mol. The molecule has 3 heteroatoms. The third-order valence-electron chi connectivity index (χ3n) is 3.19. The highest BCUT2D eigenvalue weighted by Gasteiger charge is 2.27. The predicted octanol–water partition coefficient (Wildman–Crippen LogP) is 2.84. The molecule has 0 N–H and O–H groups in total. The fourth-order valence-electron chi connectivity index (χ4n) is 2.30. The quantitative estimate of drug-likeness (QED) is 0.776. The van der Waals surface area contributed by atoms with E-state index < -0.39 is 0 Å². The number of aldehydes is 1. The van der Waals surface area contributed by atoms with Crippen molar-refractivity contribution < 1.29 is 14.3 Å². The zero-order chi connectivity index (χ0) is 12.4. The van der Waals surface area contributed by atoms with Crippen LogP contribution >= 0.6 is 0 Å². The highest BCUT2D eigenvalue weighted by Crippen LogP contribution is 2.32. The number of ether oxygens (including phenoxy) is 2. The molecule has 92 valence electrons. The van der Waals surface area contributed by atoms with Gasteiger partial charge in [-0.15, -0.1) is 0 Å². The Kier molecular flexibility index (Phi) is 3.09. The normalized spacial score (nSPS) is 23.3. The Balaban J connectivity index is 1.93. The summed E-state index contributed by atoms with van der Waals surface area (Å²) in [5.41, 5.74) is 1.03. The Morgan fingerprint density at radius 1 is 1.17 bits per heavy atom. The molecule has 0 radical (unpaired) electrons. The van der Waals surface area contributed by atoms with Gasteiger partial charge in [0.1, 0.15) is 6.29 Å². The zero-order valence-corrected chi connectivity index (χ0v) is 9.91. The molecule has 0 spiro atoms. The van der Waals surface area contributed by atoms with Gasteiger partial charge in [0.15, 0.2) is 6.29 Å². The summed E-state index contributed by atoms with van der Waals surface area (Å²) in [7, 11) is 0. The van der Waals surface area contributed by atoms with Crippen molar-refractivity contribution in [1.29, 1.82) is 0 Å². The second kappa shape index (κ2) is 4.88. The number of carbonyl (C=O) groups excluding carboxylic acids is 1. The van der Waals surface area contributed by atoms with Crippen LogP contribution in [0.3, 0.4) is 0 Å². The van der Waals surface area contributed by atoms with Gasteiger partial charge >= 0.3 is 0 Å². The van der Waals surface area contributed by atoms with E-state index in [2.05, 4.69) is 18.2 Å². The van der Waals surface area contributed by atoms with Crippen LogP contribution in [0.15, 0.2) is 42.5 Å². The molecule has 1 saturated heterocycles. The molecule has 2 aromatic rings. The molecule has 1 aliphatic heterocycles. The molecule has 18 heavy (non-hydrogen) atoms. The third-order valence-corrected chi connectivity index (χ3v) is 3.19. The average Bonchev–Trinajstić information content (AvgIpc) is 2.87. The van der Waals surface area contributed by atoms with E-state index in [1.54, 1.807) is 0 Å². The van der Waals surface area contributed by atoms with Crippen molar-refractivity contribution in [3.05, 3.63) is 48.0 Å². The third kappa shape index (κ3) is 2.03. The van der Waals surface area contributed by atoms with Gasteiger partial charge in [-0.25, -0.2) is 0 Å². The summed E-state index contributed by atoms with van der Waals surface area (Å²) >= 11 is 0. The Labute approximate surface area is 105 Å². The van der Waals surface area contributed by atoms with Crippen molar-refractivity contribution in [3.63, 3.8) is 0 Å². The van der Waals surface area contributed by atoms with Crippen molar-refractivity contribution >= 4 is 17.1 Å². The van der Waals surface area contributed by atoms with Gasteiger partial charge in [0.2, 0.25) is 0 Å². The molecule has 0 bridgehead atoms. The van der Waals surface area contributed by atoms with Gasteiger partial charge in [0.05, 0.1) is 12.7 Å². The van der Waals surface area contributed by atoms with Gasteiger partial charge in [-0.05, 0) is 10.8 Å². The Morgan fingerprint density at radius 2 is 2.00 bits per heavy atom. The highest BCUT2D eigenvalue weighted by atomic mass is 16.7. The number of fused-ring (bicyclic) bond motifs is 1. The highest BCUT2D eigenvalue weighted by molar-refractivity contribution is 5.85. The van der Waals surface area contributed by atoms with E-state index in [-0.39, 0.29) is 12.4 Å². The van der Waals surface area contributed by atoms with Crippen LogP contribution in [0.1, 0.15) is 18.3 Å².